The van der Waals surface area contributed by atoms with E-state index in [4.69, 9.17) is 11.6 Å². The maximum Gasteiger partial charge on any atom is 0.124 e. The Hall–Kier alpha value is -1.10. The second-order valence-electron chi connectivity index (χ2n) is 4.84. The molecule has 0 unspecified atom stereocenters. The molecule has 0 radical (unpaired) electrons. The smallest absolute Gasteiger partial charge is 0.124 e. The standard InChI is InChI=1S/C16H14BrClN2S/c1-11-19-16(17)10-20(11)7-6-12-4-5-13(9-14(12)18)15-3-2-8-21-15/h2-5,8-10H,6-7H2,1H3. The molecule has 3 aromatic rings. The molecular formula is C16H14BrClN2S. The number of rotatable bonds is 4. The SMILES string of the molecule is Cc1nc(Br)cn1CCc1ccc(-c2cccs2)cc1Cl. The van der Waals surface area contributed by atoms with E-state index < -0.39 is 0 Å². The van der Waals surface area contributed by atoms with Crippen LogP contribution in [0.5, 0.6) is 0 Å². The van der Waals surface area contributed by atoms with Crippen molar-refractivity contribution in [1.82, 2.24) is 9.55 Å². The van der Waals surface area contributed by atoms with Crippen LogP contribution in [0.3, 0.4) is 0 Å². The predicted molar refractivity (Wildman–Crippen MR) is 93.1 cm³/mol. The highest BCUT2D eigenvalue weighted by Crippen LogP contribution is 2.29. The monoisotopic (exact) mass is 380 g/mol. The molecule has 0 aliphatic rings. The Bertz CT molecular complexity index is 750. The molecule has 5 heteroatoms. The topological polar surface area (TPSA) is 17.8 Å². The van der Waals surface area contributed by atoms with Gasteiger partial charge in [0, 0.05) is 22.6 Å². The molecule has 2 nitrogen and oxygen atoms in total. The van der Waals surface area contributed by atoms with E-state index in [1.165, 1.54) is 16.0 Å². The van der Waals surface area contributed by atoms with Gasteiger partial charge in [0.25, 0.3) is 0 Å². The Morgan fingerprint density at radius 2 is 2.19 bits per heavy atom. The second kappa shape index (κ2) is 6.34. The van der Waals surface area contributed by atoms with Gasteiger partial charge in [-0.05, 0) is 57.9 Å². The third-order valence-electron chi connectivity index (χ3n) is 3.43. The molecule has 0 N–H and O–H groups in total. The van der Waals surface area contributed by atoms with Gasteiger partial charge in [0.1, 0.15) is 10.4 Å². The van der Waals surface area contributed by atoms with Gasteiger partial charge in [0.15, 0.2) is 0 Å². The van der Waals surface area contributed by atoms with Gasteiger partial charge in [-0.3, -0.25) is 0 Å². The third-order valence-corrected chi connectivity index (χ3v) is 5.08. The molecule has 0 aliphatic carbocycles. The number of hydrogen-bond donors (Lipinski definition) is 0. The number of imidazole rings is 1. The molecule has 1 aromatic carbocycles. The van der Waals surface area contributed by atoms with Crippen molar-refractivity contribution in [1.29, 1.82) is 0 Å². The van der Waals surface area contributed by atoms with Crippen LogP contribution >= 0.6 is 38.9 Å². The van der Waals surface area contributed by atoms with Crippen molar-refractivity contribution in [2.24, 2.45) is 0 Å². The molecule has 0 saturated heterocycles. The van der Waals surface area contributed by atoms with Crippen molar-refractivity contribution in [3.05, 3.63) is 62.9 Å². The molecule has 2 aromatic heterocycles. The van der Waals surface area contributed by atoms with Gasteiger partial charge in [0.2, 0.25) is 0 Å². The van der Waals surface area contributed by atoms with Gasteiger partial charge < -0.3 is 4.57 Å². The maximum absolute atomic E-state index is 6.43. The van der Waals surface area contributed by atoms with Crippen molar-refractivity contribution in [3.8, 4) is 10.4 Å². The first-order valence-corrected chi connectivity index (χ1v) is 8.70. The Kier molecular flexibility index (Phi) is 4.48. The molecule has 0 saturated carbocycles. The van der Waals surface area contributed by atoms with Crippen LogP contribution in [0.4, 0.5) is 0 Å². The summed E-state index contributed by atoms with van der Waals surface area (Å²) in [5.41, 5.74) is 2.35. The first-order chi connectivity index (χ1) is 10.1. The van der Waals surface area contributed by atoms with Gasteiger partial charge in [-0.25, -0.2) is 4.98 Å². The lowest BCUT2D eigenvalue weighted by molar-refractivity contribution is 0.673. The number of thiophene rings is 1. The Morgan fingerprint density at radius 1 is 1.33 bits per heavy atom. The number of hydrogen-bond acceptors (Lipinski definition) is 2. The maximum atomic E-state index is 6.43. The quantitative estimate of drug-likeness (QED) is 0.577. The van der Waals surface area contributed by atoms with Crippen molar-refractivity contribution in [2.75, 3.05) is 0 Å². The van der Waals surface area contributed by atoms with Gasteiger partial charge in [-0.1, -0.05) is 29.8 Å². The highest BCUT2D eigenvalue weighted by Gasteiger charge is 2.06. The van der Waals surface area contributed by atoms with Gasteiger partial charge in [-0.2, -0.15) is 0 Å². The number of aryl methyl sites for hydroxylation is 3. The van der Waals surface area contributed by atoms with Gasteiger partial charge >= 0.3 is 0 Å². The lowest BCUT2D eigenvalue weighted by Crippen LogP contribution is -2.02. The molecule has 21 heavy (non-hydrogen) atoms. The summed E-state index contributed by atoms with van der Waals surface area (Å²) in [7, 11) is 0. The Balaban J connectivity index is 1.76. The second-order valence-corrected chi connectivity index (χ2v) is 7.01. The van der Waals surface area contributed by atoms with Crippen LogP contribution in [0.2, 0.25) is 5.02 Å². The van der Waals surface area contributed by atoms with E-state index in [1.807, 2.05) is 13.1 Å². The van der Waals surface area contributed by atoms with E-state index in [9.17, 15) is 0 Å². The molecule has 0 amide bonds. The fraction of sp³-hybridized carbons (Fsp3) is 0.188. The van der Waals surface area contributed by atoms with Crippen LogP contribution in [0.1, 0.15) is 11.4 Å². The van der Waals surface area contributed by atoms with Crippen molar-refractivity contribution < 1.29 is 0 Å². The first kappa shape index (κ1) is 14.8. The first-order valence-electron chi connectivity index (χ1n) is 6.65. The lowest BCUT2D eigenvalue weighted by Gasteiger charge is -2.08. The summed E-state index contributed by atoms with van der Waals surface area (Å²) in [6.45, 7) is 2.88. The highest BCUT2D eigenvalue weighted by atomic mass is 79.9. The van der Waals surface area contributed by atoms with E-state index in [0.29, 0.717) is 0 Å². The zero-order valence-electron chi connectivity index (χ0n) is 11.5. The fourth-order valence-corrected chi connectivity index (χ4v) is 3.79. The molecule has 0 fully saturated rings. The van der Waals surface area contributed by atoms with Crippen LogP contribution in [-0.2, 0) is 13.0 Å². The van der Waals surface area contributed by atoms with Crippen molar-refractivity contribution in [2.45, 2.75) is 19.9 Å². The summed E-state index contributed by atoms with van der Waals surface area (Å²) in [5, 5.41) is 2.91. The van der Waals surface area contributed by atoms with Crippen LogP contribution in [0.15, 0.2) is 46.5 Å². The average molecular weight is 382 g/mol. The fourth-order valence-electron chi connectivity index (χ4n) is 2.28. The molecule has 3 rings (SSSR count). The molecule has 108 valence electrons. The minimum absolute atomic E-state index is 0.831. The summed E-state index contributed by atoms with van der Waals surface area (Å²) < 4.78 is 3.01. The zero-order valence-corrected chi connectivity index (χ0v) is 14.7. The normalized spacial score (nSPS) is 11.0. The number of aromatic nitrogens is 2. The van der Waals surface area contributed by atoms with E-state index in [0.717, 1.165) is 28.4 Å². The minimum atomic E-state index is 0.831. The largest absolute Gasteiger partial charge is 0.334 e. The molecule has 0 atom stereocenters. The molecular weight excluding hydrogens is 368 g/mol. The number of halogens is 2. The average Bonchev–Trinajstić information content (AvgIpc) is 3.07. The van der Waals surface area contributed by atoms with Crippen molar-refractivity contribution >= 4 is 38.9 Å². The summed E-state index contributed by atoms with van der Waals surface area (Å²) >= 11 is 11.6. The van der Waals surface area contributed by atoms with E-state index in [2.05, 4.69) is 61.2 Å². The lowest BCUT2D eigenvalue weighted by atomic mass is 10.1. The molecule has 0 spiro atoms. The predicted octanol–water partition coefficient (Wildman–Crippen LogP) is 5.58. The van der Waals surface area contributed by atoms with E-state index >= 15 is 0 Å². The summed E-state index contributed by atoms with van der Waals surface area (Å²) in [6, 6.07) is 10.5. The van der Waals surface area contributed by atoms with Crippen LogP contribution in [-0.4, -0.2) is 9.55 Å². The van der Waals surface area contributed by atoms with Crippen molar-refractivity contribution in [3.63, 3.8) is 0 Å². The van der Waals surface area contributed by atoms with Crippen LogP contribution in [0.25, 0.3) is 10.4 Å². The number of nitrogens with zero attached hydrogens (tertiary/aromatic N) is 2. The van der Waals surface area contributed by atoms with Gasteiger partial charge in [0.05, 0.1) is 0 Å². The highest BCUT2D eigenvalue weighted by molar-refractivity contribution is 9.10. The minimum Gasteiger partial charge on any atom is -0.334 e. The van der Waals surface area contributed by atoms with Crippen LogP contribution in [0, 0.1) is 6.92 Å². The Labute approximate surface area is 141 Å². The Morgan fingerprint density at radius 3 is 2.81 bits per heavy atom. The molecule has 0 aliphatic heterocycles. The molecule has 2 heterocycles. The van der Waals surface area contributed by atoms with E-state index in [1.54, 1.807) is 11.3 Å². The molecule has 0 bridgehead atoms. The van der Waals surface area contributed by atoms with Gasteiger partial charge in [-0.15, -0.1) is 11.3 Å². The third kappa shape index (κ3) is 3.39. The summed E-state index contributed by atoms with van der Waals surface area (Å²) in [5.74, 6) is 1.01. The summed E-state index contributed by atoms with van der Waals surface area (Å²) in [6.07, 6.45) is 2.90. The van der Waals surface area contributed by atoms with E-state index in [-0.39, 0.29) is 0 Å². The number of benzene rings is 1. The zero-order chi connectivity index (χ0) is 14.8. The van der Waals surface area contributed by atoms with Crippen LogP contribution < -0.4 is 0 Å². The summed E-state index contributed by atoms with van der Waals surface area (Å²) in [4.78, 5) is 5.59.